The molecule has 0 fully saturated rings. The molecule has 0 unspecified atom stereocenters. The van der Waals surface area contributed by atoms with Gasteiger partial charge in [0.2, 0.25) is 5.82 Å². The zero-order valence-electron chi connectivity index (χ0n) is 6.09. The van der Waals surface area contributed by atoms with Gasteiger partial charge in [0.1, 0.15) is 0 Å². The van der Waals surface area contributed by atoms with Crippen molar-refractivity contribution in [2.24, 2.45) is 0 Å². The van der Waals surface area contributed by atoms with Gasteiger partial charge in [-0.3, -0.25) is 0 Å². The summed E-state index contributed by atoms with van der Waals surface area (Å²) in [6.07, 6.45) is -2.56. The molecule has 0 aliphatic carbocycles. The van der Waals surface area contributed by atoms with Crippen molar-refractivity contribution in [2.75, 3.05) is 7.11 Å². The number of ether oxygens (including phenoxy) is 1. The highest BCUT2D eigenvalue weighted by molar-refractivity contribution is 5.12. The number of halogens is 3. The lowest BCUT2D eigenvalue weighted by molar-refractivity contribution is -0.145. The van der Waals surface area contributed by atoms with Crippen LogP contribution in [0.2, 0.25) is 0 Å². The zero-order chi connectivity index (χ0) is 9.19. The number of nitrogens with zero attached hydrogens (tertiary/aromatic N) is 2. The average Bonchev–Trinajstić information content (AvgIpc) is 2.03. The molecule has 0 saturated carbocycles. The van der Waals surface area contributed by atoms with E-state index in [1.165, 1.54) is 7.11 Å². The highest BCUT2D eigenvalue weighted by Crippen LogP contribution is 2.25. The number of alkyl halides is 3. The highest BCUT2D eigenvalue weighted by atomic mass is 19.4. The molecule has 1 aromatic heterocycles. The molecule has 1 rings (SSSR count). The Morgan fingerprint density at radius 1 is 1.25 bits per heavy atom. The van der Waals surface area contributed by atoms with E-state index < -0.39 is 12.0 Å². The topological polar surface area (TPSA) is 35.0 Å². The fourth-order valence-electron chi connectivity index (χ4n) is 0.568. The second-order valence-corrected chi connectivity index (χ2v) is 1.94. The number of methoxy groups -OCH3 is 1. The summed E-state index contributed by atoms with van der Waals surface area (Å²) in [7, 11) is 1.33. The van der Waals surface area contributed by atoms with Crippen molar-refractivity contribution in [1.82, 2.24) is 9.97 Å². The lowest BCUT2D eigenvalue weighted by Gasteiger charge is -2.03. The second-order valence-electron chi connectivity index (χ2n) is 1.94. The van der Waals surface area contributed by atoms with Crippen LogP contribution in [0.3, 0.4) is 0 Å². The molecule has 0 aromatic carbocycles. The zero-order valence-corrected chi connectivity index (χ0v) is 6.09. The number of aromatic nitrogens is 2. The molecule has 1 aromatic rings. The molecule has 0 amide bonds. The molecule has 0 aliphatic heterocycles. The first-order valence-corrected chi connectivity index (χ1v) is 2.97. The Bertz CT molecular complexity index is 256. The third-order valence-electron chi connectivity index (χ3n) is 1.12. The van der Waals surface area contributed by atoms with Crippen LogP contribution in [0.4, 0.5) is 13.2 Å². The molecule has 12 heavy (non-hydrogen) atoms. The molecule has 66 valence electrons. The quantitative estimate of drug-likeness (QED) is 0.653. The smallest absolute Gasteiger partial charge is 0.451 e. The summed E-state index contributed by atoms with van der Waals surface area (Å²) in [5.41, 5.74) is 0. The molecule has 0 spiro atoms. The fraction of sp³-hybridized carbons (Fsp3) is 0.333. The average molecular weight is 178 g/mol. The summed E-state index contributed by atoms with van der Waals surface area (Å²) < 4.78 is 40.2. The van der Waals surface area contributed by atoms with Crippen LogP contribution in [0.25, 0.3) is 0 Å². The summed E-state index contributed by atoms with van der Waals surface area (Å²) in [6, 6.07) is 0. The van der Waals surface area contributed by atoms with Crippen LogP contribution in [0, 0.1) is 0 Å². The minimum absolute atomic E-state index is 0.197. The third kappa shape index (κ3) is 1.84. The van der Waals surface area contributed by atoms with E-state index in [1.807, 2.05) is 0 Å². The van der Waals surface area contributed by atoms with Gasteiger partial charge in [-0.15, -0.1) is 0 Å². The lowest BCUT2D eigenvalue weighted by atomic mass is 10.5. The molecule has 0 aliphatic rings. The minimum Gasteiger partial charge on any atom is -0.494 e. The summed E-state index contributed by atoms with van der Waals surface area (Å²) in [4.78, 5) is 6.12. The van der Waals surface area contributed by atoms with E-state index in [4.69, 9.17) is 0 Å². The highest BCUT2D eigenvalue weighted by Gasteiger charge is 2.34. The van der Waals surface area contributed by atoms with Gasteiger partial charge >= 0.3 is 6.18 Å². The Hall–Kier alpha value is -1.33. The summed E-state index contributed by atoms with van der Waals surface area (Å²) in [6.45, 7) is 0. The first-order chi connectivity index (χ1) is 5.54. The molecule has 0 bridgehead atoms. The molecule has 0 atom stereocenters. The van der Waals surface area contributed by atoms with Crippen molar-refractivity contribution in [1.29, 1.82) is 0 Å². The van der Waals surface area contributed by atoms with Crippen molar-refractivity contribution >= 4 is 0 Å². The Labute approximate surface area is 66.2 Å². The van der Waals surface area contributed by atoms with Gasteiger partial charge in [-0.2, -0.15) is 13.2 Å². The van der Waals surface area contributed by atoms with Crippen molar-refractivity contribution in [2.45, 2.75) is 6.18 Å². The summed E-state index contributed by atoms with van der Waals surface area (Å²) in [5, 5.41) is 0. The van der Waals surface area contributed by atoms with Crippen LogP contribution in [0.1, 0.15) is 5.82 Å². The van der Waals surface area contributed by atoms with Crippen LogP contribution in [0.5, 0.6) is 5.75 Å². The van der Waals surface area contributed by atoms with E-state index in [0.717, 1.165) is 12.4 Å². The van der Waals surface area contributed by atoms with Crippen LogP contribution in [-0.4, -0.2) is 17.1 Å². The molecule has 0 N–H and O–H groups in total. The van der Waals surface area contributed by atoms with E-state index in [2.05, 4.69) is 14.7 Å². The Kier molecular flexibility index (Phi) is 2.16. The van der Waals surface area contributed by atoms with E-state index in [1.54, 1.807) is 0 Å². The SMILES string of the molecule is COc1cnc(C(F)(F)F)nc1. The third-order valence-corrected chi connectivity index (χ3v) is 1.12. The summed E-state index contributed by atoms with van der Waals surface area (Å²) in [5.74, 6) is -0.966. The molecule has 0 saturated heterocycles. The predicted octanol–water partition coefficient (Wildman–Crippen LogP) is 1.50. The predicted molar refractivity (Wildman–Crippen MR) is 33.6 cm³/mol. The van der Waals surface area contributed by atoms with Crippen LogP contribution < -0.4 is 4.74 Å². The molecule has 1 heterocycles. The number of rotatable bonds is 1. The van der Waals surface area contributed by atoms with Gasteiger partial charge in [-0.05, 0) is 0 Å². The monoisotopic (exact) mass is 178 g/mol. The Morgan fingerprint density at radius 2 is 1.75 bits per heavy atom. The van der Waals surface area contributed by atoms with Gasteiger partial charge < -0.3 is 4.74 Å². The van der Waals surface area contributed by atoms with Crippen molar-refractivity contribution in [3.05, 3.63) is 18.2 Å². The number of hydrogen-bond acceptors (Lipinski definition) is 3. The summed E-state index contributed by atoms with van der Waals surface area (Å²) >= 11 is 0. The molecule has 6 heteroatoms. The van der Waals surface area contributed by atoms with Gasteiger partial charge in [-0.25, -0.2) is 9.97 Å². The molecular formula is C6H5F3N2O. The van der Waals surface area contributed by atoms with E-state index in [-0.39, 0.29) is 5.75 Å². The van der Waals surface area contributed by atoms with E-state index >= 15 is 0 Å². The first kappa shape index (κ1) is 8.76. The second kappa shape index (κ2) is 2.96. The number of hydrogen-bond donors (Lipinski definition) is 0. The van der Waals surface area contributed by atoms with Crippen LogP contribution in [-0.2, 0) is 6.18 Å². The maximum Gasteiger partial charge on any atom is 0.451 e. The lowest BCUT2D eigenvalue weighted by Crippen LogP contribution is -2.10. The molecule has 3 nitrogen and oxygen atoms in total. The van der Waals surface area contributed by atoms with Gasteiger partial charge in [-0.1, -0.05) is 0 Å². The molecule has 0 radical (unpaired) electrons. The minimum atomic E-state index is -4.49. The van der Waals surface area contributed by atoms with Crippen molar-refractivity contribution in [3.8, 4) is 5.75 Å². The van der Waals surface area contributed by atoms with E-state index in [9.17, 15) is 13.2 Å². The van der Waals surface area contributed by atoms with Crippen LogP contribution in [0.15, 0.2) is 12.4 Å². The van der Waals surface area contributed by atoms with Crippen molar-refractivity contribution < 1.29 is 17.9 Å². The normalized spacial score (nSPS) is 11.3. The molecular weight excluding hydrogens is 173 g/mol. The van der Waals surface area contributed by atoms with Gasteiger partial charge in [0.15, 0.2) is 5.75 Å². The Balaban J connectivity index is 2.93. The largest absolute Gasteiger partial charge is 0.494 e. The van der Waals surface area contributed by atoms with Crippen LogP contribution >= 0.6 is 0 Å². The van der Waals surface area contributed by atoms with Gasteiger partial charge in [0.25, 0.3) is 0 Å². The van der Waals surface area contributed by atoms with Gasteiger partial charge in [0.05, 0.1) is 19.5 Å². The van der Waals surface area contributed by atoms with E-state index in [0.29, 0.717) is 0 Å². The standard InChI is InChI=1S/C6H5F3N2O/c1-12-4-2-10-5(11-3-4)6(7,8)9/h2-3H,1H3. The van der Waals surface area contributed by atoms with Gasteiger partial charge in [0, 0.05) is 0 Å². The maximum atomic E-state index is 11.9. The maximum absolute atomic E-state index is 11.9. The Morgan fingerprint density at radius 3 is 2.08 bits per heavy atom. The van der Waals surface area contributed by atoms with Crippen molar-refractivity contribution in [3.63, 3.8) is 0 Å². The fourth-order valence-corrected chi connectivity index (χ4v) is 0.568. The first-order valence-electron chi connectivity index (χ1n) is 2.97.